The second-order valence-corrected chi connectivity index (χ2v) is 5.30. The number of rotatable bonds is 6. The van der Waals surface area contributed by atoms with Gasteiger partial charge in [0.25, 0.3) is 0 Å². The van der Waals surface area contributed by atoms with Gasteiger partial charge in [0.1, 0.15) is 17.6 Å². The highest BCUT2D eigenvalue weighted by atomic mass is 19.1. The molecule has 5 heteroatoms. The molecule has 0 bridgehead atoms. The van der Waals surface area contributed by atoms with Gasteiger partial charge in [-0.2, -0.15) is 0 Å². The summed E-state index contributed by atoms with van der Waals surface area (Å²) < 4.78 is 18.5. The summed E-state index contributed by atoms with van der Waals surface area (Å²) in [5.41, 5.74) is 0.403. The van der Waals surface area contributed by atoms with Gasteiger partial charge in [-0.3, -0.25) is 10.1 Å². The zero-order valence-corrected chi connectivity index (χ0v) is 12.3. The average Bonchev–Trinajstić information content (AvgIpc) is 2.36. The van der Waals surface area contributed by atoms with E-state index in [0.29, 0.717) is 17.9 Å². The van der Waals surface area contributed by atoms with Crippen LogP contribution < -0.4 is 5.32 Å². The van der Waals surface area contributed by atoms with Crippen molar-refractivity contribution in [1.29, 1.82) is 0 Å². The first-order chi connectivity index (χ1) is 9.35. The van der Waals surface area contributed by atoms with Gasteiger partial charge in [0.05, 0.1) is 7.11 Å². The highest BCUT2D eigenvalue weighted by Gasteiger charge is 2.23. The molecule has 0 aliphatic heterocycles. The van der Waals surface area contributed by atoms with E-state index in [1.54, 1.807) is 6.92 Å². The van der Waals surface area contributed by atoms with E-state index in [9.17, 15) is 14.3 Å². The number of aromatic hydroxyl groups is 1. The first kappa shape index (κ1) is 16.4. The van der Waals surface area contributed by atoms with Crippen LogP contribution in [0.25, 0.3) is 0 Å². The Morgan fingerprint density at radius 2 is 2.05 bits per heavy atom. The third-order valence-corrected chi connectivity index (χ3v) is 3.09. The molecule has 0 saturated carbocycles. The number of hydrogen-bond donors (Lipinski definition) is 2. The summed E-state index contributed by atoms with van der Waals surface area (Å²) in [4.78, 5) is 11.7. The van der Waals surface area contributed by atoms with Crippen LogP contribution in [0.5, 0.6) is 5.75 Å². The van der Waals surface area contributed by atoms with Crippen LogP contribution in [0.3, 0.4) is 0 Å². The monoisotopic (exact) mass is 283 g/mol. The van der Waals surface area contributed by atoms with Crippen molar-refractivity contribution in [2.75, 3.05) is 7.11 Å². The number of methoxy groups -OCH3 is 1. The Hall–Kier alpha value is -1.62. The third kappa shape index (κ3) is 4.49. The van der Waals surface area contributed by atoms with Gasteiger partial charge in [0.2, 0.25) is 0 Å². The smallest absolute Gasteiger partial charge is 0.322 e. The maximum atomic E-state index is 13.8. The minimum atomic E-state index is -0.502. The standard InChI is InChI=1S/C15H22FNO3/c1-9(2)7-14(15(19)20-4)17-10(3)12-6-5-11(18)8-13(12)16/h5-6,8-10,14,17-18H,7H2,1-4H3. The molecular formula is C15H22FNO3. The SMILES string of the molecule is COC(=O)C(CC(C)C)NC(C)c1ccc(O)cc1F. The molecule has 0 fully saturated rings. The summed E-state index contributed by atoms with van der Waals surface area (Å²) in [5.74, 6) is -0.670. The Morgan fingerprint density at radius 1 is 1.40 bits per heavy atom. The molecular weight excluding hydrogens is 261 g/mol. The van der Waals surface area contributed by atoms with E-state index in [-0.39, 0.29) is 17.8 Å². The van der Waals surface area contributed by atoms with Gasteiger partial charge in [-0.05, 0) is 25.3 Å². The number of phenols is 1. The number of carbonyl (C=O) groups is 1. The molecule has 0 amide bonds. The Morgan fingerprint density at radius 3 is 2.55 bits per heavy atom. The minimum Gasteiger partial charge on any atom is -0.508 e. The highest BCUT2D eigenvalue weighted by Crippen LogP contribution is 2.22. The Labute approximate surface area is 119 Å². The third-order valence-electron chi connectivity index (χ3n) is 3.09. The number of esters is 1. The minimum absolute atomic E-state index is 0.120. The Bertz CT molecular complexity index is 462. The van der Waals surface area contributed by atoms with Crippen molar-refractivity contribution in [3.63, 3.8) is 0 Å². The number of phenolic OH excluding ortho intramolecular Hbond substituents is 1. The van der Waals surface area contributed by atoms with E-state index in [4.69, 9.17) is 4.74 Å². The summed E-state index contributed by atoms with van der Waals surface area (Å²) in [6.45, 7) is 5.78. The molecule has 0 aliphatic carbocycles. The average molecular weight is 283 g/mol. The molecule has 2 N–H and O–H groups in total. The molecule has 0 saturated heterocycles. The zero-order chi connectivity index (χ0) is 15.3. The normalized spacial score (nSPS) is 14.1. The van der Waals surface area contributed by atoms with Crippen molar-refractivity contribution in [3.8, 4) is 5.75 Å². The molecule has 0 radical (unpaired) electrons. The van der Waals surface area contributed by atoms with Crippen molar-refractivity contribution in [2.24, 2.45) is 5.92 Å². The Kier molecular flexibility index (Phi) is 5.95. The van der Waals surface area contributed by atoms with E-state index in [1.807, 2.05) is 13.8 Å². The lowest BCUT2D eigenvalue weighted by Crippen LogP contribution is -2.40. The van der Waals surface area contributed by atoms with Crippen LogP contribution in [0.4, 0.5) is 4.39 Å². The maximum absolute atomic E-state index is 13.8. The molecule has 1 rings (SSSR count). The molecule has 0 aliphatic rings. The van der Waals surface area contributed by atoms with Crippen LogP contribution in [-0.4, -0.2) is 24.2 Å². The maximum Gasteiger partial charge on any atom is 0.322 e. The summed E-state index contributed by atoms with van der Waals surface area (Å²) in [7, 11) is 1.34. The largest absolute Gasteiger partial charge is 0.508 e. The van der Waals surface area contributed by atoms with Crippen molar-refractivity contribution >= 4 is 5.97 Å². The number of nitrogens with one attached hydrogen (secondary N) is 1. The molecule has 2 unspecified atom stereocenters. The molecule has 4 nitrogen and oxygen atoms in total. The number of halogens is 1. The van der Waals surface area contributed by atoms with Crippen LogP contribution in [0.2, 0.25) is 0 Å². The number of benzene rings is 1. The predicted molar refractivity (Wildman–Crippen MR) is 74.9 cm³/mol. The second-order valence-electron chi connectivity index (χ2n) is 5.30. The van der Waals surface area contributed by atoms with Gasteiger partial charge in [0, 0.05) is 17.7 Å². The topological polar surface area (TPSA) is 58.6 Å². The van der Waals surface area contributed by atoms with E-state index in [1.165, 1.54) is 19.2 Å². The highest BCUT2D eigenvalue weighted by molar-refractivity contribution is 5.75. The molecule has 0 heterocycles. The zero-order valence-electron chi connectivity index (χ0n) is 12.3. The van der Waals surface area contributed by atoms with Crippen molar-refractivity contribution in [2.45, 2.75) is 39.3 Å². The number of ether oxygens (including phenoxy) is 1. The van der Waals surface area contributed by atoms with Crippen LogP contribution >= 0.6 is 0 Å². The molecule has 112 valence electrons. The number of hydrogen-bond acceptors (Lipinski definition) is 4. The summed E-state index contributed by atoms with van der Waals surface area (Å²) in [6.07, 6.45) is 0.608. The van der Waals surface area contributed by atoms with Gasteiger partial charge in [-0.15, -0.1) is 0 Å². The summed E-state index contributed by atoms with van der Waals surface area (Å²) in [6, 6.07) is 3.14. The second kappa shape index (κ2) is 7.24. The van der Waals surface area contributed by atoms with Gasteiger partial charge in [-0.25, -0.2) is 4.39 Å². The molecule has 20 heavy (non-hydrogen) atoms. The van der Waals surface area contributed by atoms with Gasteiger partial charge in [0.15, 0.2) is 0 Å². The fourth-order valence-corrected chi connectivity index (χ4v) is 2.10. The lowest BCUT2D eigenvalue weighted by Gasteiger charge is -2.23. The van der Waals surface area contributed by atoms with Crippen molar-refractivity contribution < 1.29 is 19.0 Å². The van der Waals surface area contributed by atoms with Crippen molar-refractivity contribution in [1.82, 2.24) is 5.32 Å². The molecule has 1 aromatic rings. The molecule has 2 atom stereocenters. The number of carbonyl (C=O) groups excluding carboxylic acids is 1. The first-order valence-corrected chi connectivity index (χ1v) is 6.67. The molecule has 0 spiro atoms. The molecule has 0 aromatic heterocycles. The van der Waals surface area contributed by atoms with Crippen LogP contribution in [0, 0.1) is 11.7 Å². The van der Waals surface area contributed by atoms with E-state index >= 15 is 0 Å². The first-order valence-electron chi connectivity index (χ1n) is 6.67. The van der Waals surface area contributed by atoms with Crippen LogP contribution in [0.15, 0.2) is 18.2 Å². The fourth-order valence-electron chi connectivity index (χ4n) is 2.10. The quantitative estimate of drug-likeness (QED) is 0.788. The lowest BCUT2D eigenvalue weighted by molar-refractivity contribution is -0.143. The summed E-state index contributed by atoms with van der Waals surface area (Å²) >= 11 is 0. The van der Waals surface area contributed by atoms with Gasteiger partial charge >= 0.3 is 5.97 Å². The Balaban J connectivity index is 2.84. The van der Waals surface area contributed by atoms with Crippen molar-refractivity contribution in [3.05, 3.63) is 29.6 Å². The lowest BCUT2D eigenvalue weighted by atomic mass is 10.0. The summed E-state index contributed by atoms with van der Waals surface area (Å²) in [5, 5.41) is 12.3. The fraction of sp³-hybridized carbons (Fsp3) is 0.533. The van der Waals surface area contributed by atoms with E-state index in [2.05, 4.69) is 5.32 Å². The van der Waals surface area contributed by atoms with E-state index < -0.39 is 11.9 Å². The van der Waals surface area contributed by atoms with E-state index in [0.717, 1.165) is 6.07 Å². The predicted octanol–water partition coefficient (Wildman–Crippen LogP) is 2.77. The van der Waals surface area contributed by atoms with Crippen LogP contribution in [0.1, 0.15) is 38.8 Å². The molecule has 1 aromatic carbocycles. The van der Waals surface area contributed by atoms with Gasteiger partial charge in [-0.1, -0.05) is 19.9 Å². The van der Waals surface area contributed by atoms with Gasteiger partial charge < -0.3 is 9.84 Å². The van der Waals surface area contributed by atoms with Crippen LogP contribution in [-0.2, 0) is 9.53 Å².